The molecule has 8 aromatic carbocycles. The zero-order chi connectivity index (χ0) is 36.7. The number of rotatable bonds is 3. The zero-order valence-corrected chi connectivity index (χ0v) is 30.8. The maximum Gasteiger partial charge on any atom is 0.238 e. The topological polar surface area (TPSA) is 43.1 Å². The Morgan fingerprint density at radius 1 is 0.357 bits per heavy atom. The molecule has 0 aliphatic carbocycles. The van der Waals surface area contributed by atoms with E-state index in [9.17, 15) is 0 Å². The number of hydrogen-bond acceptors (Lipinski definition) is 4. The molecule has 0 saturated carbocycles. The van der Waals surface area contributed by atoms with Gasteiger partial charge in [-0.25, -0.2) is 4.98 Å². The molecule has 4 heterocycles. The van der Waals surface area contributed by atoms with Crippen molar-refractivity contribution in [1.29, 1.82) is 0 Å². The summed E-state index contributed by atoms with van der Waals surface area (Å²) in [4.78, 5) is 16.2. The van der Waals surface area contributed by atoms with Gasteiger partial charge in [0.25, 0.3) is 0 Å². The van der Waals surface area contributed by atoms with Gasteiger partial charge in [-0.15, -0.1) is 11.3 Å². The van der Waals surface area contributed by atoms with Crippen LogP contribution in [-0.2, 0) is 0 Å². The number of nitrogens with zero attached hydrogens (tertiary/aromatic N) is 4. The molecule has 0 aliphatic rings. The van der Waals surface area contributed by atoms with E-state index in [1.54, 1.807) is 0 Å². The van der Waals surface area contributed by atoms with Gasteiger partial charge in [-0.2, -0.15) is 9.97 Å². The molecule has 8 bridgehead atoms. The van der Waals surface area contributed by atoms with Crippen LogP contribution in [0.1, 0.15) is 0 Å². The third-order valence-corrected chi connectivity index (χ3v) is 12.4. The molecule has 4 aromatic heterocycles. The van der Waals surface area contributed by atoms with Gasteiger partial charge in [0.1, 0.15) is 0 Å². The molecule has 12 aromatic rings. The Kier molecular flexibility index (Phi) is 6.76. The molecule has 0 N–H and O–H groups in total. The van der Waals surface area contributed by atoms with E-state index < -0.39 is 0 Å². The molecule has 0 saturated heterocycles. The summed E-state index contributed by atoms with van der Waals surface area (Å²) in [6.45, 7) is 0. The lowest BCUT2D eigenvalue weighted by atomic mass is 9.96. The molecule has 0 fully saturated rings. The fourth-order valence-electron chi connectivity index (χ4n) is 8.52. The van der Waals surface area contributed by atoms with E-state index >= 15 is 0 Å². The number of para-hydroxylation sites is 1. The van der Waals surface area contributed by atoms with Crippen LogP contribution in [0, 0.1) is 0 Å². The summed E-state index contributed by atoms with van der Waals surface area (Å²) >= 11 is 1.86. The summed E-state index contributed by atoms with van der Waals surface area (Å²) in [6.07, 6.45) is 0. The fourth-order valence-corrected chi connectivity index (χ4v) is 9.89. The van der Waals surface area contributed by atoms with Gasteiger partial charge in [-0.3, -0.25) is 4.40 Å². The first-order valence-electron chi connectivity index (χ1n) is 18.8. The Morgan fingerprint density at radius 2 is 0.929 bits per heavy atom. The van der Waals surface area contributed by atoms with Gasteiger partial charge >= 0.3 is 0 Å². The highest BCUT2D eigenvalue weighted by atomic mass is 32.1. The van der Waals surface area contributed by atoms with Crippen molar-refractivity contribution < 1.29 is 0 Å². The van der Waals surface area contributed by atoms with E-state index in [0.717, 1.165) is 55.0 Å². The predicted octanol–water partition coefficient (Wildman–Crippen LogP) is 13.8. The standard InChI is InChI=1S/C51H30N4S/c1-3-12-31(13-4-1)37-28-38(32-14-5-2-6-15-32)30-39(29-37)50-52-49-36-19-10-17-34(27-36)33-16-9-18-35(26-33)40-21-11-22-43-44-25-24-42-41-20-7-8-23-45(41)55(51(53-49)54-50)46(42)48(44)56-47(40)43/h1-30H. The lowest BCUT2D eigenvalue weighted by Crippen LogP contribution is -1.99. The molecule has 0 unspecified atom stereocenters. The smallest absolute Gasteiger partial charge is 0.238 e. The second kappa shape index (κ2) is 12.2. The first kappa shape index (κ1) is 31.2. The first-order valence-corrected chi connectivity index (χ1v) is 19.7. The molecular formula is C51H30N4S. The van der Waals surface area contributed by atoms with E-state index in [0.29, 0.717) is 17.2 Å². The average Bonchev–Trinajstić information content (AvgIpc) is 3.83. The normalized spacial score (nSPS) is 11.9. The SMILES string of the molecule is c1ccc(-c2cc(-c3ccccc3)cc(-c3nc4nc(n3)n3c5ccccc5c5ccc6c7cccc(c8cccc(c8)c8cccc4c8)c7sc6c53)c2)cc1. The van der Waals surface area contributed by atoms with Crippen molar-refractivity contribution in [1.82, 2.24) is 19.4 Å². The molecule has 0 spiro atoms. The van der Waals surface area contributed by atoms with E-state index in [2.05, 4.69) is 186 Å². The molecule has 5 heteroatoms. The fraction of sp³-hybridized carbons (Fsp3) is 0. The van der Waals surface area contributed by atoms with Gasteiger partial charge < -0.3 is 0 Å². The predicted molar refractivity (Wildman–Crippen MR) is 236 cm³/mol. The van der Waals surface area contributed by atoms with Gasteiger partial charge in [-0.1, -0.05) is 146 Å². The maximum absolute atomic E-state index is 5.44. The van der Waals surface area contributed by atoms with Crippen LogP contribution in [-0.4, -0.2) is 19.4 Å². The minimum atomic E-state index is 0.591. The summed E-state index contributed by atoms with van der Waals surface area (Å²) in [6, 6.07) is 65.2. The van der Waals surface area contributed by atoms with E-state index in [4.69, 9.17) is 15.0 Å². The van der Waals surface area contributed by atoms with Crippen molar-refractivity contribution in [3.05, 3.63) is 182 Å². The van der Waals surface area contributed by atoms with Gasteiger partial charge in [0.15, 0.2) is 11.5 Å². The molecule has 0 atom stereocenters. The molecular weight excluding hydrogens is 701 g/mol. The minimum Gasteiger partial charge on any atom is -0.276 e. The van der Waals surface area contributed by atoms with Gasteiger partial charge in [0.05, 0.1) is 15.7 Å². The highest BCUT2D eigenvalue weighted by molar-refractivity contribution is 7.27. The van der Waals surface area contributed by atoms with Crippen molar-refractivity contribution in [2.24, 2.45) is 0 Å². The van der Waals surface area contributed by atoms with Gasteiger partial charge in [-0.05, 0) is 80.2 Å². The molecule has 56 heavy (non-hydrogen) atoms. The third kappa shape index (κ3) is 4.81. The molecule has 4 nitrogen and oxygen atoms in total. The van der Waals surface area contributed by atoms with Crippen LogP contribution >= 0.6 is 11.3 Å². The van der Waals surface area contributed by atoms with Crippen LogP contribution < -0.4 is 0 Å². The average molecular weight is 731 g/mol. The number of benzene rings is 8. The number of thiophene rings is 1. The maximum atomic E-state index is 5.44. The van der Waals surface area contributed by atoms with Crippen molar-refractivity contribution >= 4 is 91.7 Å². The number of fused-ring (bicyclic) bond motifs is 14. The highest BCUT2D eigenvalue weighted by Gasteiger charge is 2.19. The molecule has 0 aliphatic heterocycles. The van der Waals surface area contributed by atoms with E-state index in [1.807, 2.05) is 11.3 Å². The quantitative estimate of drug-likeness (QED) is 0.182. The Morgan fingerprint density at radius 3 is 1.70 bits per heavy atom. The summed E-state index contributed by atoms with van der Waals surface area (Å²) < 4.78 is 4.77. The Bertz CT molecular complexity index is 3530. The van der Waals surface area contributed by atoms with Crippen LogP contribution in [0.5, 0.6) is 0 Å². The Labute approximate surface area is 325 Å². The van der Waals surface area contributed by atoms with Crippen LogP contribution in [0.2, 0.25) is 0 Å². The monoisotopic (exact) mass is 730 g/mol. The zero-order valence-electron chi connectivity index (χ0n) is 30.0. The van der Waals surface area contributed by atoms with Crippen LogP contribution in [0.15, 0.2) is 182 Å². The molecule has 260 valence electrons. The second-order valence-corrected chi connectivity index (χ2v) is 15.5. The lowest BCUT2D eigenvalue weighted by Gasteiger charge is -2.11. The molecule has 0 amide bonds. The Balaban J connectivity index is 1.31. The summed E-state index contributed by atoms with van der Waals surface area (Å²) in [5, 5.41) is 10.5. The summed E-state index contributed by atoms with van der Waals surface area (Å²) in [5.74, 6) is 1.21. The van der Waals surface area contributed by atoms with Gasteiger partial charge in [0, 0.05) is 37.2 Å². The van der Waals surface area contributed by atoms with Crippen LogP contribution in [0.4, 0.5) is 0 Å². The second-order valence-electron chi connectivity index (χ2n) is 14.5. The molecule has 12 rings (SSSR count). The largest absolute Gasteiger partial charge is 0.276 e. The van der Waals surface area contributed by atoms with Crippen molar-refractivity contribution in [2.45, 2.75) is 0 Å². The van der Waals surface area contributed by atoms with E-state index in [-0.39, 0.29) is 0 Å². The summed E-state index contributed by atoms with van der Waals surface area (Å²) in [5.41, 5.74) is 8.19. The Hall–Kier alpha value is -7.21. The summed E-state index contributed by atoms with van der Waals surface area (Å²) in [7, 11) is 0. The van der Waals surface area contributed by atoms with Gasteiger partial charge in [0.2, 0.25) is 5.78 Å². The third-order valence-electron chi connectivity index (χ3n) is 11.2. The van der Waals surface area contributed by atoms with Crippen molar-refractivity contribution in [3.8, 4) is 33.6 Å². The van der Waals surface area contributed by atoms with Crippen molar-refractivity contribution in [3.63, 3.8) is 0 Å². The number of hydrogen-bond donors (Lipinski definition) is 0. The van der Waals surface area contributed by atoms with E-state index in [1.165, 1.54) is 41.7 Å². The lowest BCUT2D eigenvalue weighted by molar-refractivity contribution is 1.10. The number of aromatic nitrogens is 4. The highest BCUT2D eigenvalue weighted by Crippen LogP contribution is 2.44. The molecule has 0 radical (unpaired) electrons. The minimum absolute atomic E-state index is 0.591. The van der Waals surface area contributed by atoms with Crippen LogP contribution in [0.25, 0.3) is 114 Å². The van der Waals surface area contributed by atoms with Crippen molar-refractivity contribution in [2.75, 3.05) is 0 Å². The van der Waals surface area contributed by atoms with Crippen LogP contribution in [0.3, 0.4) is 0 Å². The first-order chi connectivity index (χ1) is 27.7.